The van der Waals surface area contributed by atoms with Crippen LogP contribution in [0.5, 0.6) is 5.75 Å². The molecule has 6 rings (SSSR count). The van der Waals surface area contributed by atoms with Crippen molar-refractivity contribution >= 4 is 23.2 Å². The van der Waals surface area contributed by atoms with Crippen LogP contribution in [0.2, 0.25) is 0 Å². The van der Waals surface area contributed by atoms with Crippen LogP contribution in [0.3, 0.4) is 0 Å². The maximum Gasteiger partial charge on any atom is 0.405 e. The van der Waals surface area contributed by atoms with Gasteiger partial charge in [-0.2, -0.15) is 13.2 Å². The van der Waals surface area contributed by atoms with E-state index in [1.54, 1.807) is 53.7 Å². The van der Waals surface area contributed by atoms with Gasteiger partial charge in [0, 0.05) is 54.9 Å². The lowest BCUT2D eigenvalue weighted by Crippen LogP contribution is -2.60. The summed E-state index contributed by atoms with van der Waals surface area (Å²) in [4.78, 5) is 39.5. The predicted molar refractivity (Wildman–Crippen MR) is 180 cm³/mol. The summed E-state index contributed by atoms with van der Waals surface area (Å²) in [5.41, 5.74) is 1.33. The van der Waals surface area contributed by atoms with Gasteiger partial charge in [-0.15, -0.1) is 11.3 Å². The molecule has 5 atom stereocenters. The van der Waals surface area contributed by atoms with Gasteiger partial charge in [0.05, 0.1) is 24.3 Å². The van der Waals surface area contributed by atoms with Gasteiger partial charge in [0.25, 0.3) is 0 Å². The number of carbonyl (C=O) groups excluding carboxylic acids is 2. The monoisotopic (exact) mass is 728 g/mol. The molecule has 0 unspecified atom stereocenters. The third kappa shape index (κ3) is 9.71. The van der Waals surface area contributed by atoms with Crippen molar-refractivity contribution in [1.29, 1.82) is 0 Å². The number of carbonyl (C=O) groups is 2. The lowest BCUT2D eigenvalue weighted by Gasteiger charge is -2.41. The molecule has 2 amide bonds. The van der Waals surface area contributed by atoms with Gasteiger partial charge >= 0.3 is 6.18 Å². The standard InChI is InChI=1S/C35H39F3N6O6S/c36-35(37,38)20-41-34(48)28-18-43(17-25-7-8-30(50-25)23-14-39-21-40-15-23)9-10-44(28)16-24(45)12-22(13-26-4-3-11-51-26)33(47)42-32-27-5-1-2-6-31(27)49-19-29(32)46/h1-8,11,14-15,21-22,24,28-29,32,45-46H,9-10,12-13,16-20H2,(H,41,48)(H,42,47)/t22-,24+,28+,29-,32+/m1/s1. The first kappa shape index (κ1) is 36.4. The Bertz CT molecular complexity index is 1740. The van der Waals surface area contributed by atoms with Crippen LogP contribution in [-0.4, -0.2) is 106 Å². The Morgan fingerprint density at radius 3 is 2.65 bits per heavy atom. The minimum atomic E-state index is -4.60. The molecule has 0 spiro atoms. The summed E-state index contributed by atoms with van der Waals surface area (Å²) in [6.45, 7) is -0.419. The Hall–Kier alpha value is -4.35. The smallest absolute Gasteiger partial charge is 0.405 e. The number of nitrogens with one attached hydrogen (secondary N) is 2. The number of ether oxygens (including phenoxy) is 1. The van der Waals surface area contributed by atoms with Gasteiger partial charge in [0.2, 0.25) is 11.8 Å². The lowest BCUT2D eigenvalue weighted by molar-refractivity contribution is -0.143. The number of β-amino-alcohol motifs (C(OH)–C–C–N with tert-alkyl or cyclic N) is 1. The summed E-state index contributed by atoms with van der Waals surface area (Å²) in [6.07, 6.45) is -1.71. The number of nitrogens with zero attached hydrogens (tertiary/aromatic N) is 4. The number of alkyl halides is 3. The number of benzene rings is 1. The van der Waals surface area contributed by atoms with Crippen molar-refractivity contribution in [2.75, 3.05) is 39.3 Å². The second-order valence-corrected chi connectivity index (χ2v) is 13.8. The van der Waals surface area contributed by atoms with Crippen molar-refractivity contribution in [3.63, 3.8) is 0 Å². The first-order valence-electron chi connectivity index (χ1n) is 16.6. The minimum absolute atomic E-state index is 0.00696. The molecule has 3 aromatic heterocycles. The molecular weight excluding hydrogens is 689 g/mol. The van der Waals surface area contributed by atoms with Crippen molar-refractivity contribution < 1.29 is 42.1 Å². The Kier molecular flexibility index (Phi) is 11.7. The summed E-state index contributed by atoms with van der Waals surface area (Å²) in [7, 11) is 0. The third-order valence-electron chi connectivity index (χ3n) is 8.97. The number of aliphatic hydroxyl groups excluding tert-OH is 2. The zero-order valence-electron chi connectivity index (χ0n) is 27.5. The molecule has 4 aromatic rings. The Labute approximate surface area is 296 Å². The molecule has 12 nitrogen and oxygen atoms in total. The van der Waals surface area contributed by atoms with E-state index in [0.717, 1.165) is 4.88 Å². The summed E-state index contributed by atoms with van der Waals surface area (Å²) >= 11 is 1.47. The molecule has 1 aromatic carbocycles. The molecule has 0 bridgehead atoms. The SMILES string of the molecule is O=C(N[C@H]1c2ccccc2OC[C@H]1O)[C@@H](Cc1cccs1)C[C@H](O)CN1CCN(Cc2ccc(-c3cncnc3)o2)C[C@H]1C(=O)NCC(F)(F)F. The number of piperazine rings is 1. The summed E-state index contributed by atoms with van der Waals surface area (Å²) in [5, 5.41) is 29.0. The Morgan fingerprint density at radius 2 is 1.88 bits per heavy atom. The third-order valence-corrected chi connectivity index (χ3v) is 9.87. The second kappa shape index (κ2) is 16.3. The van der Waals surface area contributed by atoms with Crippen LogP contribution in [0, 0.1) is 5.92 Å². The Morgan fingerprint density at radius 1 is 1.08 bits per heavy atom. The van der Waals surface area contributed by atoms with Gasteiger partial charge < -0.3 is 30.0 Å². The molecule has 4 N–H and O–H groups in total. The average Bonchev–Trinajstić information content (AvgIpc) is 3.81. The van der Waals surface area contributed by atoms with Gasteiger partial charge in [-0.1, -0.05) is 24.3 Å². The summed E-state index contributed by atoms with van der Waals surface area (Å²) in [5.74, 6) is -0.170. The van der Waals surface area contributed by atoms with E-state index >= 15 is 0 Å². The molecule has 272 valence electrons. The highest BCUT2D eigenvalue weighted by molar-refractivity contribution is 7.09. The van der Waals surface area contributed by atoms with Gasteiger partial charge in [-0.25, -0.2) is 9.97 Å². The highest BCUT2D eigenvalue weighted by Crippen LogP contribution is 2.33. The number of furan rings is 1. The minimum Gasteiger partial charge on any atom is -0.490 e. The van der Waals surface area contributed by atoms with Crippen LogP contribution in [0.25, 0.3) is 11.3 Å². The largest absolute Gasteiger partial charge is 0.490 e. The van der Waals surface area contributed by atoms with E-state index in [1.807, 2.05) is 27.7 Å². The molecular formula is C35H39F3N6O6S. The molecule has 2 aliphatic heterocycles. The number of aliphatic hydroxyl groups is 2. The van der Waals surface area contributed by atoms with E-state index in [-0.39, 0.29) is 38.6 Å². The normalized spacial score (nSPS) is 20.9. The molecule has 2 aliphatic rings. The number of fused-ring (bicyclic) bond motifs is 1. The van der Waals surface area contributed by atoms with Crippen molar-refractivity contribution in [2.24, 2.45) is 5.92 Å². The predicted octanol–water partition coefficient (Wildman–Crippen LogP) is 3.18. The molecule has 16 heteroatoms. The molecule has 0 aliphatic carbocycles. The van der Waals surface area contributed by atoms with Crippen molar-refractivity contribution in [3.05, 3.63) is 88.8 Å². The number of halogens is 3. The molecule has 0 saturated carbocycles. The maximum absolute atomic E-state index is 13.8. The number of rotatable bonds is 13. The van der Waals surface area contributed by atoms with Crippen LogP contribution < -0.4 is 15.4 Å². The molecule has 51 heavy (non-hydrogen) atoms. The van der Waals surface area contributed by atoms with E-state index < -0.39 is 48.8 Å². The van der Waals surface area contributed by atoms with Crippen molar-refractivity contribution in [3.8, 4) is 17.1 Å². The Balaban J connectivity index is 1.13. The van der Waals surface area contributed by atoms with E-state index in [2.05, 4.69) is 15.3 Å². The van der Waals surface area contributed by atoms with Crippen LogP contribution in [0.15, 0.2) is 77.0 Å². The summed E-state index contributed by atoms with van der Waals surface area (Å²) in [6, 6.07) is 12.7. The van der Waals surface area contributed by atoms with Gasteiger partial charge in [-0.3, -0.25) is 19.4 Å². The molecule has 1 fully saturated rings. The fraction of sp³-hybridized carbons (Fsp3) is 0.429. The van der Waals surface area contributed by atoms with Crippen molar-refractivity contribution in [1.82, 2.24) is 30.4 Å². The van der Waals surface area contributed by atoms with Crippen LogP contribution in [0.4, 0.5) is 13.2 Å². The molecule has 1 saturated heterocycles. The van der Waals surface area contributed by atoms with Gasteiger partial charge in [-0.05, 0) is 42.5 Å². The van der Waals surface area contributed by atoms with Crippen LogP contribution in [0.1, 0.15) is 28.7 Å². The zero-order valence-corrected chi connectivity index (χ0v) is 28.4. The fourth-order valence-electron chi connectivity index (χ4n) is 6.48. The first-order chi connectivity index (χ1) is 24.5. The number of para-hydroxylation sites is 1. The molecule has 0 radical (unpaired) electrons. The molecule has 5 heterocycles. The fourth-order valence-corrected chi connectivity index (χ4v) is 7.27. The number of hydrogen-bond acceptors (Lipinski definition) is 11. The lowest BCUT2D eigenvalue weighted by atomic mass is 9.93. The van der Waals surface area contributed by atoms with Gasteiger partial charge in [0.1, 0.15) is 48.9 Å². The van der Waals surface area contributed by atoms with Crippen molar-refractivity contribution in [2.45, 2.75) is 49.9 Å². The highest BCUT2D eigenvalue weighted by atomic mass is 32.1. The van der Waals surface area contributed by atoms with Gasteiger partial charge in [0.15, 0.2) is 0 Å². The van der Waals surface area contributed by atoms with E-state index in [0.29, 0.717) is 47.9 Å². The van der Waals surface area contributed by atoms with E-state index in [4.69, 9.17) is 9.15 Å². The highest BCUT2D eigenvalue weighted by Gasteiger charge is 2.38. The zero-order chi connectivity index (χ0) is 36.0. The van der Waals surface area contributed by atoms with Crippen LogP contribution in [-0.2, 0) is 22.6 Å². The summed E-state index contributed by atoms with van der Waals surface area (Å²) < 4.78 is 50.8. The van der Waals surface area contributed by atoms with E-state index in [1.165, 1.54) is 17.7 Å². The number of amides is 2. The quantitative estimate of drug-likeness (QED) is 0.162. The number of aromatic nitrogens is 2. The topological polar surface area (TPSA) is 153 Å². The number of hydrogen-bond donors (Lipinski definition) is 4. The van der Waals surface area contributed by atoms with Crippen LogP contribution >= 0.6 is 11.3 Å². The first-order valence-corrected chi connectivity index (χ1v) is 17.5. The van der Waals surface area contributed by atoms with E-state index in [9.17, 15) is 33.0 Å². The number of thiophene rings is 1. The maximum atomic E-state index is 13.8. The average molecular weight is 729 g/mol. The second-order valence-electron chi connectivity index (χ2n) is 12.7.